The highest BCUT2D eigenvalue weighted by Gasteiger charge is 2.39. The van der Waals surface area contributed by atoms with Crippen LogP contribution in [0.1, 0.15) is 26.2 Å². The monoisotopic (exact) mass is 235 g/mol. The minimum atomic E-state index is -2.83. The summed E-state index contributed by atoms with van der Waals surface area (Å²) in [7, 11) is -2.83. The normalized spacial score (nSPS) is 21.3. The summed E-state index contributed by atoms with van der Waals surface area (Å²) in [5.41, 5.74) is -0.500. The summed E-state index contributed by atoms with van der Waals surface area (Å²) in [6.07, 6.45) is 3.76. The topological polar surface area (TPSA) is 57.6 Å². The highest BCUT2D eigenvalue weighted by molar-refractivity contribution is 7.90. The second-order valence-corrected chi connectivity index (χ2v) is 6.93. The third-order valence-electron chi connectivity index (χ3n) is 2.74. The van der Waals surface area contributed by atoms with Gasteiger partial charge < -0.3 is 5.11 Å². The average Bonchev–Trinajstić information content (AvgIpc) is 1.99. The van der Waals surface area contributed by atoms with Crippen LogP contribution in [0.3, 0.4) is 0 Å². The first-order valence-corrected chi connectivity index (χ1v) is 7.53. The Labute approximate surface area is 92.2 Å². The van der Waals surface area contributed by atoms with Crippen molar-refractivity contribution in [1.29, 1.82) is 0 Å². The molecule has 4 nitrogen and oxygen atoms in total. The van der Waals surface area contributed by atoms with Crippen molar-refractivity contribution in [1.82, 2.24) is 4.90 Å². The first kappa shape index (κ1) is 12.9. The van der Waals surface area contributed by atoms with E-state index >= 15 is 0 Å². The van der Waals surface area contributed by atoms with Crippen LogP contribution >= 0.6 is 0 Å². The molecule has 1 heterocycles. The van der Waals surface area contributed by atoms with Crippen molar-refractivity contribution in [2.24, 2.45) is 0 Å². The summed E-state index contributed by atoms with van der Waals surface area (Å²) in [5, 5.41) is 9.88. The zero-order valence-corrected chi connectivity index (χ0v) is 10.4. The molecule has 0 spiro atoms. The summed E-state index contributed by atoms with van der Waals surface area (Å²) in [4.78, 5) is 2.11. The van der Waals surface area contributed by atoms with Gasteiger partial charge in [0.15, 0.2) is 0 Å². The van der Waals surface area contributed by atoms with Crippen LogP contribution in [0.5, 0.6) is 0 Å². The third-order valence-corrected chi connectivity index (χ3v) is 3.77. The molecule has 5 heteroatoms. The van der Waals surface area contributed by atoms with E-state index in [0.29, 0.717) is 19.5 Å². The van der Waals surface area contributed by atoms with Gasteiger partial charge in [-0.2, -0.15) is 0 Å². The molecule has 1 rings (SSSR count). The number of nitrogens with zero attached hydrogens (tertiary/aromatic N) is 1. The number of sulfone groups is 1. The number of hydrogen-bond acceptors (Lipinski definition) is 4. The van der Waals surface area contributed by atoms with E-state index in [2.05, 4.69) is 11.8 Å². The number of rotatable bonds is 6. The van der Waals surface area contributed by atoms with E-state index in [0.717, 1.165) is 19.4 Å². The summed E-state index contributed by atoms with van der Waals surface area (Å²) < 4.78 is 21.8. The molecular weight excluding hydrogens is 214 g/mol. The fraction of sp³-hybridized carbons (Fsp3) is 1.00. The molecule has 1 N–H and O–H groups in total. The zero-order chi connectivity index (χ0) is 11.5. The van der Waals surface area contributed by atoms with E-state index in [4.69, 9.17) is 0 Å². The Morgan fingerprint density at radius 2 is 2.00 bits per heavy atom. The molecule has 0 unspecified atom stereocenters. The Balaban J connectivity index is 2.13. The van der Waals surface area contributed by atoms with E-state index in [1.807, 2.05) is 0 Å². The molecule has 0 bridgehead atoms. The summed E-state index contributed by atoms with van der Waals surface area (Å²) >= 11 is 0. The van der Waals surface area contributed by atoms with Gasteiger partial charge in [-0.25, -0.2) is 8.42 Å². The van der Waals surface area contributed by atoms with E-state index < -0.39 is 15.4 Å². The van der Waals surface area contributed by atoms with Crippen LogP contribution in [0, 0.1) is 0 Å². The lowest BCUT2D eigenvalue weighted by molar-refractivity contribution is -0.102. The summed E-state index contributed by atoms with van der Waals surface area (Å²) in [6.45, 7) is 4.23. The number of β-amino-alcohol motifs (C(OH)–C–C–N with tert-alkyl or cyclic N) is 1. The van der Waals surface area contributed by atoms with Crippen LogP contribution in [0.2, 0.25) is 0 Å². The van der Waals surface area contributed by atoms with Gasteiger partial charge in [0.25, 0.3) is 0 Å². The molecule has 0 radical (unpaired) electrons. The molecule has 0 amide bonds. The van der Waals surface area contributed by atoms with Gasteiger partial charge in [0.2, 0.25) is 0 Å². The molecule has 0 aromatic carbocycles. The van der Waals surface area contributed by atoms with Gasteiger partial charge in [-0.3, -0.25) is 4.90 Å². The quantitative estimate of drug-likeness (QED) is 0.718. The Morgan fingerprint density at radius 1 is 1.40 bits per heavy atom. The third kappa shape index (κ3) is 4.49. The van der Waals surface area contributed by atoms with E-state index in [-0.39, 0.29) is 5.75 Å². The van der Waals surface area contributed by atoms with Crippen molar-refractivity contribution >= 4 is 9.84 Å². The minimum Gasteiger partial charge on any atom is -0.387 e. The van der Waals surface area contributed by atoms with Gasteiger partial charge >= 0.3 is 0 Å². The molecule has 1 aliphatic heterocycles. The SMILES string of the molecule is CCCC1(O)CN(CCCS(C)(=O)=O)C1. The van der Waals surface area contributed by atoms with Gasteiger partial charge in [0, 0.05) is 19.3 Å². The first-order valence-electron chi connectivity index (χ1n) is 5.47. The number of hydrogen-bond donors (Lipinski definition) is 1. The highest BCUT2D eigenvalue weighted by Crippen LogP contribution is 2.25. The maximum Gasteiger partial charge on any atom is 0.147 e. The maximum atomic E-state index is 10.9. The summed E-state index contributed by atoms with van der Waals surface area (Å²) in [5.74, 6) is 0.246. The van der Waals surface area contributed by atoms with Crippen LogP contribution in [0.4, 0.5) is 0 Å². The molecule has 0 aliphatic carbocycles. The average molecular weight is 235 g/mol. The molecule has 1 saturated heterocycles. The molecule has 0 atom stereocenters. The van der Waals surface area contributed by atoms with Crippen LogP contribution in [0.15, 0.2) is 0 Å². The number of aliphatic hydroxyl groups is 1. The minimum absolute atomic E-state index is 0.246. The second-order valence-electron chi connectivity index (χ2n) is 4.67. The molecule has 1 aliphatic rings. The van der Waals surface area contributed by atoms with Crippen molar-refractivity contribution in [3.63, 3.8) is 0 Å². The Hall–Kier alpha value is -0.130. The molecule has 0 aromatic rings. The Kier molecular flexibility index (Phi) is 4.14. The molecule has 1 fully saturated rings. The van der Waals surface area contributed by atoms with Gasteiger partial charge in [0.1, 0.15) is 9.84 Å². The molecule has 0 saturated carbocycles. The second kappa shape index (κ2) is 4.80. The van der Waals surface area contributed by atoms with E-state index in [9.17, 15) is 13.5 Å². The Bertz CT molecular complexity index is 294. The predicted molar refractivity (Wildman–Crippen MR) is 60.6 cm³/mol. The van der Waals surface area contributed by atoms with Crippen LogP contribution < -0.4 is 0 Å². The lowest BCUT2D eigenvalue weighted by Gasteiger charge is -2.46. The lowest BCUT2D eigenvalue weighted by Crippen LogP contribution is -2.61. The fourth-order valence-electron chi connectivity index (χ4n) is 2.12. The molecular formula is C10H21NO3S. The van der Waals surface area contributed by atoms with Crippen LogP contribution in [-0.2, 0) is 9.84 Å². The van der Waals surface area contributed by atoms with Crippen molar-refractivity contribution in [3.05, 3.63) is 0 Å². The van der Waals surface area contributed by atoms with Crippen molar-refractivity contribution < 1.29 is 13.5 Å². The fourth-order valence-corrected chi connectivity index (χ4v) is 2.77. The molecule has 90 valence electrons. The van der Waals surface area contributed by atoms with Gasteiger partial charge in [0.05, 0.1) is 11.4 Å². The standard InChI is InChI=1S/C10H21NO3S/c1-3-5-10(12)8-11(9-10)6-4-7-15(2,13)14/h12H,3-9H2,1-2H3. The maximum absolute atomic E-state index is 10.9. The van der Waals surface area contributed by atoms with Crippen molar-refractivity contribution in [3.8, 4) is 0 Å². The highest BCUT2D eigenvalue weighted by atomic mass is 32.2. The van der Waals surface area contributed by atoms with Crippen molar-refractivity contribution in [2.45, 2.75) is 31.8 Å². The zero-order valence-electron chi connectivity index (χ0n) is 9.57. The van der Waals surface area contributed by atoms with Crippen LogP contribution in [-0.4, -0.2) is 55.7 Å². The first-order chi connectivity index (χ1) is 6.85. The lowest BCUT2D eigenvalue weighted by atomic mass is 9.89. The molecule has 0 aromatic heterocycles. The number of likely N-dealkylation sites (tertiary alicyclic amines) is 1. The smallest absolute Gasteiger partial charge is 0.147 e. The predicted octanol–water partition coefficient (Wildman–Crippen LogP) is 0.268. The van der Waals surface area contributed by atoms with Crippen LogP contribution in [0.25, 0.3) is 0 Å². The summed E-state index contributed by atoms with van der Waals surface area (Å²) in [6, 6.07) is 0. The van der Waals surface area contributed by atoms with E-state index in [1.165, 1.54) is 6.26 Å². The van der Waals surface area contributed by atoms with Gasteiger partial charge in [-0.1, -0.05) is 13.3 Å². The molecule has 15 heavy (non-hydrogen) atoms. The van der Waals surface area contributed by atoms with Crippen molar-refractivity contribution in [2.75, 3.05) is 31.6 Å². The van der Waals surface area contributed by atoms with Gasteiger partial charge in [-0.05, 0) is 19.4 Å². The Morgan fingerprint density at radius 3 is 2.47 bits per heavy atom. The largest absolute Gasteiger partial charge is 0.387 e. The van der Waals surface area contributed by atoms with E-state index in [1.54, 1.807) is 0 Å². The van der Waals surface area contributed by atoms with Gasteiger partial charge in [-0.15, -0.1) is 0 Å².